The first kappa shape index (κ1) is 16.5. The zero-order valence-electron chi connectivity index (χ0n) is 13.6. The largest absolute Gasteiger partial charge is 0.482 e. The number of anilines is 2. The number of carbonyl (C=O) groups is 3. The van der Waals surface area contributed by atoms with E-state index in [1.165, 1.54) is 4.90 Å². The molecule has 3 amide bonds. The highest BCUT2D eigenvalue weighted by Crippen LogP contribution is 2.33. The molecule has 25 heavy (non-hydrogen) atoms. The Morgan fingerprint density at radius 1 is 1.16 bits per heavy atom. The summed E-state index contributed by atoms with van der Waals surface area (Å²) in [5, 5.41) is 5.24. The number of amides is 3. The maximum atomic E-state index is 12.0. The minimum absolute atomic E-state index is 0.000718. The number of ether oxygens (including phenoxy) is 1. The molecule has 0 bridgehead atoms. The highest BCUT2D eigenvalue weighted by Gasteiger charge is 2.22. The van der Waals surface area contributed by atoms with E-state index in [1.807, 2.05) is 6.07 Å². The van der Waals surface area contributed by atoms with Crippen molar-refractivity contribution in [3.8, 4) is 5.75 Å². The van der Waals surface area contributed by atoms with Gasteiger partial charge in [-0.3, -0.25) is 14.4 Å². The molecule has 0 saturated carbocycles. The van der Waals surface area contributed by atoms with Crippen LogP contribution in [0.4, 0.5) is 11.4 Å². The van der Waals surface area contributed by atoms with Crippen molar-refractivity contribution in [2.45, 2.75) is 0 Å². The minimum atomic E-state index is -0.366. The zero-order valence-corrected chi connectivity index (χ0v) is 13.6. The van der Waals surface area contributed by atoms with Crippen LogP contribution in [0.5, 0.6) is 5.75 Å². The molecule has 2 aromatic rings. The Hall–Kier alpha value is -3.35. The second-order valence-electron chi connectivity index (χ2n) is 5.52. The minimum Gasteiger partial charge on any atom is -0.482 e. The van der Waals surface area contributed by atoms with Crippen molar-refractivity contribution < 1.29 is 19.1 Å². The molecule has 0 spiro atoms. The molecule has 0 aliphatic carbocycles. The van der Waals surface area contributed by atoms with E-state index in [-0.39, 0.29) is 30.9 Å². The van der Waals surface area contributed by atoms with Gasteiger partial charge in [-0.05, 0) is 30.3 Å². The molecule has 0 aromatic heterocycles. The molecule has 0 saturated heterocycles. The van der Waals surface area contributed by atoms with Crippen LogP contribution < -0.4 is 20.3 Å². The number of hydrogen-bond donors (Lipinski definition) is 2. The fraction of sp³-hybridized carbons (Fsp3) is 0.167. The van der Waals surface area contributed by atoms with Crippen LogP contribution in [0.2, 0.25) is 0 Å². The topological polar surface area (TPSA) is 87.7 Å². The zero-order chi connectivity index (χ0) is 17.8. The van der Waals surface area contributed by atoms with Gasteiger partial charge >= 0.3 is 0 Å². The van der Waals surface area contributed by atoms with Crippen LogP contribution in [0.1, 0.15) is 10.4 Å². The number of carbonyl (C=O) groups excluding carboxylic acids is 3. The van der Waals surface area contributed by atoms with Crippen LogP contribution in [0.15, 0.2) is 48.5 Å². The summed E-state index contributed by atoms with van der Waals surface area (Å²) in [6.45, 7) is -0.156. The molecule has 7 heteroatoms. The van der Waals surface area contributed by atoms with E-state index in [0.29, 0.717) is 22.7 Å². The summed E-state index contributed by atoms with van der Waals surface area (Å²) in [7, 11) is 1.65. The fourth-order valence-electron chi connectivity index (χ4n) is 2.41. The van der Waals surface area contributed by atoms with Crippen molar-refractivity contribution >= 4 is 29.1 Å². The first-order chi connectivity index (χ1) is 12.0. The van der Waals surface area contributed by atoms with E-state index in [9.17, 15) is 14.4 Å². The second kappa shape index (κ2) is 7.04. The second-order valence-corrected chi connectivity index (χ2v) is 5.52. The monoisotopic (exact) mass is 339 g/mol. The van der Waals surface area contributed by atoms with Crippen LogP contribution >= 0.6 is 0 Å². The van der Waals surface area contributed by atoms with Crippen molar-refractivity contribution in [2.24, 2.45) is 0 Å². The summed E-state index contributed by atoms with van der Waals surface area (Å²) in [4.78, 5) is 37.1. The van der Waals surface area contributed by atoms with Gasteiger partial charge in [0.1, 0.15) is 5.75 Å². The van der Waals surface area contributed by atoms with Crippen LogP contribution in [-0.4, -0.2) is 37.9 Å². The number of rotatable bonds is 4. The number of benzene rings is 2. The van der Waals surface area contributed by atoms with Crippen molar-refractivity contribution in [3.63, 3.8) is 0 Å². The molecular weight excluding hydrogens is 322 g/mol. The highest BCUT2D eigenvalue weighted by molar-refractivity contribution is 6.01. The summed E-state index contributed by atoms with van der Waals surface area (Å²) in [5.41, 5.74) is 1.59. The lowest BCUT2D eigenvalue weighted by Crippen LogP contribution is -2.35. The van der Waals surface area contributed by atoms with Crippen molar-refractivity contribution in [1.29, 1.82) is 0 Å². The first-order valence-electron chi connectivity index (χ1n) is 7.71. The lowest BCUT2D eigenvalue weighted by molar-refractivity contribution is -0.121. The molecule has 0 radical (unpaired) electrons. The van der Waals surface area contributed by atoms with E-state index < -0.39 is 0 Å². The third-order valence-corrected chi connectivity index (χ3v) is 3.77. The van der Waals surface area contributed by atoms with Gasteiger partial charge in [0.15, 0.2) is 6.61 Å². The van der Waals surface area contributed by atoms with Gasteiger partial charge in [0, 0.05) is 18.3 Å². The molecule has 0 unspecified atom stereocenters. The predicted molar refractivity (Wildman–Crippen MR) is 92.8 cm³/mol. The number of fused-ring (bicyclic) bond motifs is 1. The van der Waals surface area contributed by atoms with Crippen LogP contribution in [-0.2, 0) is 9.59 Å². The predicted octanol–water partition coefficient (Wildman–Crippen LogP) is 1.41. The molecule has 2 aromatic carbocycles. The molecular formula is C18H17N3O4. The van der Waals surface area contributed by atoms with Crippen LogP contribution in [0, 0.1) is 0 Å². The maximum absolute atomic E-state index is 12.0. The lowest BCUT2D eigenvalue weighted by Gasteiger charge is -2.26. The first-order valence-corrected chi connectivity index (χ1v) is 7.71. The summed E-state index contributed by atoms with van der Waals surface area (Å²) in [6, 6.07) is 13.7. The van der Waals surface area contributed by atoms with E-state index in [0.717, 1.165) is 0 Å². The molecule has 0 fully saturated rings. The van der Waals surface area contributed by atoms with Gasteiger partial charge in [-0.25, -0.2) is 0 Å². The Labute approximate surface area is 144 Å². The van der Waals surface area contributed by atoms with Crippen molar-refractivity contribution in [3.05, 3.63) is 54.1 Å². The van der Waals surface area contributed by atoms with Gasteiger partial charge < -0.3 is 20.3 Å². The van der Waals surface area contributed by atoms with Crippen molar-refractivity contribution in [2.75, 3.05) is 30.4 Å². The summed E-state index contributed by atoms with van der Waals surface area (Å²) in [6.07, 6.45) is 0. The molecule has 1 heterocycles. The molecule has 128 valence electrons. The van der Waals surface area contributed by atoms with Crippen molar-refractivity contribution in [1.82, 2.24) is 5.32 Å². The van der Waals surface area contributed by atoms with Gasteiger partial charge in [-0.2, -0.15) is 0 Å². The van der Waals surface area contributed by atoms with Crippen LogP contribution in [0.3, 0.4) is 0 Å². The molecule has 7 nitrogen and oxygen atoms in total. The number of nitrogens with one attached hydrogen (secondary N) is 2. The number of hydrogen-bond acceptors (Lipinski definition) is 4. The van der Waals surface area contributed by atoms with E-state index in [4.69, 9.17) is 4.74 Å². The average Bonchev–Trinajstić information content (AvgIpc) is 2.64. The van der Waals surface area contributed by atoms with Gasteiger partial charge in [0.05, 0.1) is 12.2 Å². The number of likely N-dealkylation sites (N-methyl/N-ethyl adjacent to an activating group) is 1. The van der Waals surface area contributed by atoms with E-state index in [2.05, 4.69) is 10.6 Å². The molecule has 0 atom stereocenters. The fourth-order valence-corrected chi connectivity index (χ4v) is 2.41. The quantitative estimate of drug-likeness (QED) is 0.882. The maximum Gasteiger partial charge on any atom is 0.264 e. The van der Waals surface area contributed by atoms with Gasteiger partial charge in [-0.15, -0.1) is 0 Å². The standard InChI is InChI=1S/C18H17N3O4/c1-21-14-9-13(7-8-15(14)25-11-17(21)23)20-16(22)10-19-18(24)12-5-3-2-4-6-12/h2-9H,10-11H2,1H3,(H,19,24)(H,20,22). The van der Waals surface area contributed by atoms with Crippen LogP contribution in [0.25, 0.3) is 0 Å². The Morgan fingerprint density at radius 2 is 1.92 bits per heavy atom. The number of nitrogens with zero attached hydrogens (tertiary/aromatic N) is 1. The molecule has 1 aliphatic heterocycles. The average molecular weight is 339 g/mol. The SMILES string of the molecule is CN1C(=O)COc2ccc(NC(=O)CNC(=O)c3ccccc3)cc21. The van der Waals surface area contributed by atoms with Gasteiger partial charge in [0.2, 0.25) is 5.91 Å². The Bertz CT molecular complexity index is 820. The molecule has 2 N–H and O–H groups in total. The Kier molecular flexibility index (Phi) is 4.65. The van der Waals surface area contributed by atoms with Gasteiger partial charge in [-0.1, -0.05) is 18.2 Å². The normalized spacial score (nSPS) is 12.8. The third-order valence-electron chi connectivity index (χ3n) is 3.77. The smallest absolute Gasteiger partial charge is 0.264 e. The van der Waals surface area contributed by atoms with E-state index in [1.54, 1.807) is 49.5 Å². The lowest BCUT2D eigenvalue weighted by atomic mass is 10.2. The molecule has 3 rings (SSSR count). The third kappa shape index (κ3) is 3.77. The van der Waals surface area contributed by atoms with Gasteiger partial charge in [0.25, 0.3) is 11.8 Å². The summed E-state index contributed by atoms with van der Waals surface area (Å²) < 4.78 is 5.33. The molecule has 1 aliphatic rings. The summed E-state index contributed by atoms with van der Waals surface area (Å²) >= 11 is 0. The summed E-state index contributed by atoms with van der Waals surface area (Å²) in [5.74, 6) is -0.265. The Balaban J connectivity index is 1.60. The van der Waals surface area contributed by atoms with E-state index >= 15 is 0 Å². The Morgan fingerprint density at radius 3 is 2.68 bits per heavy atom. The highest BCUT2D eigenvalue weighted by atomic mass is 16.5.